The van der Waals surface area contributed by atoms with Crippen LogP contribution in [0.15, 0.2) is 78.0 Å². The first kappa shape index (κ1) is 34.3. The molecule has 0 aliphatic carbocycles. The van der Waals surface area contributed by atoms with Crippen LogP contribution in [0.2, 0.25) is 0 Å². The van der Waals surface area contributed by atoms with E-state index in [1.807, 2.05) is 0 Å². The number of hydrogen-bond donors (Lipinski definition) is 1. The zero-order valence-electron chi connectivity index (χ0n) is 25.3. The first-order chi connectivity index (χ1) is 22.7. The number of carbonyl (C=O) groups is 2. The predicted molar refractivity (Wildman–Crippen MR) is 166 cm³/mol. The zero-order valence-corrected chi connectivity index (χ0v) is 26.1. The Kier molecular flexibility index (Phi) is 10.3. The van der Waals surface area contributed by atoms with Crippen LogP contribution < -0.4 is 19.9 Å². The van der Waals surface area contributed by atoms with Gasteiger partial charge in [0, 0.05) is 12.0 Å². The summed E-state index contributed by atoms with van der Waals surface area (Å²) in [6.07, 6.45) is -3.89. The molecule has 1 aliphatic rings. The Balaban J connectivity index is 1.17. The molecule has 0 bridgehead atoms. The van der Waals surface area contributed by atoms with Crippen molar-refractivity contribution in [3.05, 3.63) is 84.2 Å². The summed E-state index contributed by atoms with van der Waals surface area (Å²) in [6.45, 7) is 2.27. The Morgan fingerprint density at radius 2 is 1.77 bits per heavy atom. The van der Waals surface area contributed by atoms with Crippen molar-refractivity contribution in [1.82, 2.24) is 20.2 Å². The van der Waals surface area contributed by atoms with Gasteiger partial charge in [0.25, 0.3) is 0 Å². The average Bonchev–Trinajstić information content (AvgIpc) is 3.64. The molecule has 5 rings (SSSR count). The summed E-state index contributed by atoms with van der Waals surface area (Å²) >= 11 is 1.03. The van der Waals surface area contributed by atoms with Crippen LogP contribution in [0.5, 0.6) is 11.5 Å². The molecule has 0 spiro atoms. The molecule has 0 unspecified atom stereocenters. The van der Waals surface area contributed by atoms with Crippen molar-refractivity contribution < 1.29 is 45.9 Å². The zero-order chi connectivity index (χ0) is 34.5. The Morgan fingerprint density at radius 1 is 1.04 bits per heavy atom. The maximum Gasteiger partial charge on any atom is 0.573 e. The summed E-state index contributed by atoms with van der Waals surface area (Å²) < 4.78 is 74.6. The molecule has 1 fully saturated rings. The third-order valence-electron chi connectivity index (χ3n) is 6.55. The Labute approximate surface area is 274 Å². The number of aliphatic imine (C=N–C) groups is 1. The monoisotopic (exact) mass is 690 g/mol. The van der Waals surface area contributed by atoms with Gasteiger partial charge in [-0.1, -0.05) is 42.1 Å². The normalized spacial score (nSPS) is 14.4. The van der Waals surface area contributed by atoms with Crippen LogP contribution in [0.25, 0.3) is 17.1 Å². The van der Waals surface area contributed by atoms with Crippen molar-refractivity contribution in [2.45, 2.75) is 39.2 Å². The molecular weight excluding hydrogens is 663 g/mol. The molecule has 0 radical (unpaired) electrons. The van der Waals surface area contributed by atoms with Crippen molar-refractivity contribution in [2.75, 3.05) is 17.3 Å². The number of aromatic nitrogens is 3. The Morgan fingerprint density at radius 3 is 2.46 bits per heavy atom. The number of amidine groups is 1. The van der Waals surface area contributed by atoms with Crippen LogP contribution in [-0.2, 0) is 16.2 Å². The molecule has 1 saturated heterocycles. The molecule has 3 amide bonds. The lowest BCUT2D eigenvalue weighted by molar-refractivity contribution is -0.274. The number of alkyl halides is 5. The quantitative estimate of drug-likeness (QED) is 0.134. The SMILES string of the molecule is Cc1ccc(OCCC(C)(F)F)c(N2C(=O)CS/C2=N\C(=O)NOCc2ccc(-c3ncn(-c4ccc(OC(F)(F)F)cc4)n3)cc2)c1. The second kappa shape index (κ2) is 14.4. The third-order valence-corrected chi connectivity index (χ3v) is 7.48. The van der Waals surface area contributed by atoms with Gasteiger partial charge in [-0.15, -0.1) is 18.3 Å². The first-order valence-electron chi connectivity index (χ1n) is 14.2. The summed E-state index contributed by atoms with van der Waals surface area (Å²) in [4.78, 5) is 40.1. The fourth-order valence-corrected chi connectivity index (χ4v) is 5.17. The number of anilines is 1. The van der Waals surface area contributed by atoms with Crippen LogP contribution >= 0.6 is 11.8 Å². The van der Waals surface area contributed by atoms with Crippen molar-refractivity contribution in [3.63, 3.8) is 0 Å². The molecule has 1 N–H and O–H groups in total. The molecule has 0 saturated carbocycles. The number of benzene rings is 3. The molecule has 252 valence electrons. The van der Waals surface area contributed by atoms with E-state index in [1.54, 1.807) is 49.4 Å². The number of halogens is 5. The van der Waals surface area contributed by atoms with Gasteiger partial charge in [0.05, 0.1) is 30.3 Å². The molecule has 2 heterocycles. The molecule has 0 atom stereocenters. The van der Waals surface area contributed by atoms with E-state index in [1.165, 1.54) is 40.2 Å². The summed E-state index contributed by atoms with van der Waals surface area (Å²) in [7, 11) is 0. The van der Waals surface area contributed by atoms with Crippen molar-refractivity contribution in [2.24, 2.45) is 4.99 Å². The van der Waals surface area contributed by atoms with Crippen LogP contribution in [0, 0.1) is 6.92 Å². The minimum absolute atomic E-state index is 0.00995. The molecule has 1 aliphatic heterocycles. The van der Waals surface area contributed by atoms with E-state index in [-0.39, 0.29) is 47.2 Å². The van der Waals surface area contributed by atoms with Crippen LogP contribution in [0.4, 0.5) is 32.4 Å². The highest BCUT2D eigenvalue weighted by molar-refractivity contribution is 8.15. The molecule has 4 aromatic rings. The van der Waals surface area contributed by atoms with Crippen molar-refractivity contribution in [3.8, 4) is 28.6 Å². The van der Waals surface area contributed by atoms with Gasteiger partial charge < -0.3 is 9.47 Å². The highest BCUT2D eigenvalue weighted by atomic mass is 32.2. The van der Waals surface area contributed by atoms with Crippen molar-refractivity contribution in [1.29, 1.82) is 0 Å². The van der Waals surface area contributed by atoms with Crippen LogP contribution in [-0.4, -0.2) is 56.5 Å². The van der Waals surface area contributed by atoms with Crippen LogP contribution in [0.1, 0.15) is 24.5 Å². The van der Waals surface area contributed by atoms with E-state index in [0.29, 0.717) is 22.6 Å². The van der Waals surface area contributed by atoms with Gasteiger partial charge >= 0.3 is 12.4 Å². The first-order valence-corrected chi connectivity index (χ1v) is 15.2. The van der Waals surface area contributed by atoms with E-state index in [9.17, 15) is 31.5 Å². The molecule has 17 heteroatoms. The van der Waals surface area contributed by atoms with Gasteiger partial charge in [0.2, 0.25) is 11.8 Å². The summed E-state index contributed by atoms with van der Waals surface area (Å²) in [6, 6.07) is 16.1. The number of hydrogen-bond acceptors (Lipinski definition) is 8. The molecule has 48 heavy (non-hydrogen) atoms. The van der Waals surface area contributed by atoms with Gasteiger partial charge in [-0.2, -0.15) is 4.99 Å². The number of aryl methyl sites for hydroxylation is 1. The van der Waals surface area contributed by atoms with Gasteiger partial charge in [0.15, 0.2) is 11.0 Å². The molecule has 3 aromatic carbocycles. The van der Waals surface area contributed by atoms with E-state index in [0.717, 1.165) is 24.2 Å². The lowest BCUT2D eigenvalue weighted by Gasteiger charge is -2.21. The Hall–Kier alpha value is -5.03. The van der Waals surface area contributed by atoms with Gasteiger partial charge in [0.1, 0.15) is 17.8 Å². The average molecular weight is 691 g/mol. The smallest absolute Gasteiger partial charge is 0.491 e. The largest absolute Gasteiger partial charge is 0.573 e. The summed E-state index contributed by atoms with van der Waals surface area (Å²) in [5.74, 6) is -3.07. The fourth-order valence-electron chi connectivity index (χ4n) is 4.31. The number of urea groups is 1. The standard InChI is InChI=1S/C31H27F5N6O5S/c1-19-3-12-25(45-14-13-30(2,32)33)24(15-19)42-26(43)17-48-29(42)38-28(44)40-46-16-20-4-6-21(7-5-20)27-37-18-41(39-27)22-8-10-23(11-9-22)47-31(34,35)36/h3-12,15,18H,13-14,16-17H2,1-2H3,(H,40,44)/b38-29-. The van der Waals surface area contributed by atoms with Gasteiger partial charge in [-0.25, -0.2) is 28.7 Å². The number of hydroxylamine groups is 1. The number of rotatable bonds is 11. The highest BCUT2D eigenvalue weighted by Crippen LogP contribution is 2.36. The minimum Gasteiger partial charge on any atom is -0.491 e. The number of thioether (sulfide) groups is 1. The second-order valence-electron chi connectivity index (χ2n) is 10.5. The number of amides is 3. The minimum atomic E-state index is -4.79. The third kappa shape index (κ3) is 9.28. The predicted octanol–water partition coefficient (Wildman–Crippen LogP) is 6.84. The van der Waals surface area contributed by atoms with E-state index in [2.05, 4.69) is 25.3 Å². The maximum absolute atomic E-state index is 13.3. The summed E-state index contributed by atoms with van der Waals surface area (Å²) in [5, 5.41) is 4.43. The number of nitrogens with one attached hydrogen (secondary N) is 1. The number of nitrogens with zero attached hydrogens (tertiary/aromatic N) is 5. The lowest BCUT2D eigenvalue weighted by atomic mass is 10.1. The lowest BCUT2D eigenvalue weighted by Crippen LogP contribution is -2.32. The Bertz CT molecular complexity index is 1790. The maximum atomic E-state index is 13.3. The van der Waals surface area contributed by atoms with Crippen LogP contribution in [0.3, 0.4) is 0 Å². The molecular formula is C31H27F5N6O5S. The second-order valence-corrected chi connectivity index (χ2v) is 11.4. The topological polar surface area (TPSA) is 120 Å². The van der Waals surface area contributed by atoms with Gasteiger partial charge in [-0.3, -0.25) is 14.5 Å². The summed E-state index contributed by atoms with van der Waals surface area (Å²) in [5.41, 5.74) is 5.08. The van der Waals surface area contributed by atoms with E-state index >= 15 is 0 Å². The van der Waals surface area contributed by atoms with E-state index in [4.69, 9.17) is 9.57 Å². The number of carbonyl (C=O) groups excluding carboxylic acids is 2. The van der Waals surface area contributed by atoms with E-state index < -0.39 is 24.7 Å². The van der Waals surface area contributed by atoms with Crippen molar-refractivity contribution >= 4 is 34.6 Å². The number of ether oxygens (including phenoxy) is 2. The fraction of sp³-hybridized carbons (Fsp3) is 0.258. The molecule has 11 nitrogen and oxygen atoms in total. The molecule has 1 aromatic heterocycles. The highest BCUT2D eigenvalue weighted by Gasteiger charge is 2.33. The van der Waals surface area contributed by atoms with Gasteiger partial charge in [-0.05, 0) is 61.4 Å².